The van der Waals surface area contributed by atoms with E-state index in [1.807, 2.05) is 6.07 Å². The third-order valence-corrected chi connectivity index (χ3v) is 3.81. The average molecular weight is 239 g/mol. The Balaban J connectivity index is 2.51. The summed E-state index contributed by atoms with van der Waals surface area (Å²) in [6.45, 7) is 9.97. The van der Waals surface area contributed by atoms with Crippen LogP contribution in [0.2, 0.25) is 0 Å². The van der Waals surface area contributed by atoms with E-state index in [0.717, 1.165) is 24.1 Å². The molecule has 0 amide bonds. The van der Waals surface area contributed by atoms with Gasteiger partial charge in [-0.1, -0.05) is 0 Å². The van der Waals surface area contributed by atoms with Crippen molar-refractivity contribution in [3.63, 3.8) is 0 Å². The van der Waals surface area contributed by atoms with E-state index in [9.17, 15) is 4.79 Å². The van der Waals surface area contributed by atoms with E-state index in [-0.39, 0.29) is 0 Å². The van der Waals surface area contributed by atoms with Gasteiger partial charge in [0, 0.05) is 23.5 Å². The maximum atomic E-state index is 10.6. The second-order valence-corrected chi connectivity index (χ2v) is 5.80. The molecule has 0 saturated heterocycles. The van der Waals surface area contributed by atoms with Crippen molar-refractivity contribution >= 4 is 17.6 Å². The lowest BCUT2D eigenvalue weighted by molar-refractivity contribution is 0.112. The Morgan fingerprint density at radius 2 is 1.88 bits per heavy atom. The largest absolute Gasteiger partial charge is 0.298 e. The number of carbonyl (C=O) groups excluding carboxylic acids is 1. The quantitative estimate of drug-likeness (QED) is 0.710. The molecular weight excluding hydrogens is 218 g/mol. The Kier molecular flexibility index (Phi) is 5.16. The van der Waals surface area contributed by atoms with Gasteiger partial charge in [0.1, 0.15) is 0 Å². The number of thiophene rings is 1. The van der Waals surface area contributed by atoms with Crippen LogP contribution >= 0.6 is 11.3 Å². The Hall–Kier alpha value is -0.670. The number of carbonyl (C=O) groups is 1. The van der Waals surface area contributed by atoms with Gasteiger partial charge in [0.25, 0.3) is 0 Å². The van der Waals surface area contributed by atoms with Crippen LogP contribution in [0.1, 0.15) is 42.2 Å². The molecule has 0 N–H and O–H groups in total. The SMILES string of the molecule is CC(C)N(CCc1ccc(C=O)s1)C(C)C. The van der Waals surface area contributed by atoms with Gasteiger partial charge in [-0.05, 0) is 46.2 Å². The van der Waals surface area contributed by atoms with E-state index in [1.165, 1.54) is 4.88 Å². The van der Waals surface area contributed by atoms with Crippen molar-refractivity contribution in [1.29, 1.82) is 0 Å². The maximum Gasteiger partial charge on any atom is 0.160 e. The molecule has 16 heavy (non-hydrogen) atoms. The molecule has 0 fully saturated rings. The Bertz CT molecular complexity index is 322. The first-order chi connectivity index (χ1) is 7.54. The van der Waals surface area contributed by atoms with E-state index in [0.29, 0.717) is 12.1 Å². The van der Waals surface area contributed by atoms with Crippen LogP contribution in [0.5, 0.6) is 0 Å². The summed E-state index contributed by atoms with van der Waals surface area (Å²) in [6, 6.07) is 5.12. The predicted molar refractivity (Wildman–Crippen MR) is 70.4 cm³/mol. The Labute approximate surface area is 102 Å². The van der Waals surface area contributed by atoms with Crippen LogP contribution in [0.4, 0.5) is 0 Å². The highest BCUT2D eigenvalue weighted by Gasteiger charge is 2.13. The van der Waals surface area contributed by atoms with Crippen molar-refractivity contribution in [2.45, 2.75) is 46.2 Å². The number of hydrogen-bond donors (Lipinski definition) is 0. The minimum atomic E-state index is 0.575. The first-order valence-corrected chi connectivity index (χ1v) is 6.66. The zero-order chi connectivity index (χ0) is 12.1. The highest BCUT2D eigenvalue weighted by atomic mass is 32.1. The molecule has 1 aromatic heterocycles. The summed E-state index contributed by atoms with van der Waals surface area (Å²) in [6.07, 6.45) is 1.96. The Morgan fingerprint density at radius 1 is 1.25 bits per heavy atom. The fourth-order valence-corrected chi connectivity index (χ4v) is 2.76. The van der Waals surface area contributed by atoms with Crippen molar-refractivity contribution in [2.75, 3.05) is 6.54 Å². The van der Waals surface area contributed by atoms with Gasteiger partial charge in [-0.2, -0.15) is 0 Å². The number of aldehydes is 1. The van der Waals surface area contributed by atoms with Crippen molar-refractivity contribution in [3.8, 4) is 0 Å². The van der Waals surface area contributed by atoms with Crippen molar-refractivity contribution < 1.29 is 4.79 Å². The Morgan fingerprint density at radius 3 is 2.31 bits per heavy atom. The van der Waals surface area contributed by atoms with Crippen LogP contribution in [0.15, 0.2) is 12.1 Å². The molecule has 1 heterocycles. The zero-order valence-corrected chi connectivity index (χ0v) is 11.4. The average Bonchev–Trinajstić information content (AvgIpc) is 2.65. The summed E-state index contributed by atoms with van der Waals surface area (Å²) >= 11 is 1.60. The summed E-state index contributed by atoms with van der Waals surface area (Å²) in [7, 11) is 0. The zero-order valence-electron chi connectivity index (χ0n) is 10.6. The van der Waals surface area contributed by atoms with Crippen molar-refractivity contribution in [1.82, 2.24) is 4.90 Å². The van der Waals surface area contributed by atoms with Gasteiger partial charge >= 0.3 is 0 Å². The molecule has 0 saturated carbocycles. The van der Waals surface area contributed by atoms with Crippen LogP contribution in [-0.2, 0) is 6.42 Å². The maximum absolute atomic E-state index is 10.6. The van der Waals surface area contributed by atoms with Gasteiger partial charge in [-0.15, -0.1) is 11.3 Å². The normalized spacial score (nSPS) is 11.7. The fourth-order valence-electron chi connectivity index (χ4n) is 1.94. The summed E-state index contributed by atoms with van der Waals surface area (Å²) in [4.78, 5) is 15.2. The van der Waals surface area contributed by atoms with E-state index < -0.39 is 0 Å². The van der Waals surface area contributed by atoms with E-state index in [4.69, 9.17) is 0 Å². The molecule has 90 valence electrons. The van der Waals surface area contributed by atoms with Crippen LogP contribution in [0.3, 0.4) is 0 Å². The molecule has 0 unspecified atom stereocenters. The predicted octanol–water partition coefficient (Wildman–Crippen LogP) is 3.22. The first kappa shape index (κ1) is 13.4. The van der Waals surface area contributed by atoms with Crippen LogP contribution in [-0.4, -0.2) is 29.8 Å². The van der Waals surface area contributed by atoms with Gasteiger partial charge in [-0.25, -0.2) is 0 Å². The molecule has 0 bridgehead atoms. The smallest absolute Gasteiger partial charge is 0.160 e. The second kappa shape index (κ2) is 6.16. The lowest BCUT2D eigenvalue weighted by atomic mass is 10.2. The highest BCUT2D eigenvalue weighted by molar-refractivity contribution is 7.13. The molecule has 1 rings (SSSR count). The molecule has 0 aliphatic carbocycles. The molecule has 0 aromatic carbocycles. The van der Waals surface area contributed by atoms with Gasteiger partial charge in [0.05, 0.1) is 4.88 Å². The molecule has 1 aromatic rings. The van der Waals surface area contributed by atoms with Crippen molar-refractivity contribution in [2.24, 2.45) is 0 Å². The van der Waals surface area contributed by atoms with Gasteiger partial charge in [0.2, 0.25) is 0 Å². The molecule has 0 radical (unpaired) electrons. The van der Waals surface area contributed by atoms with Crippen LogP contribution in [0, 0.1) is 0 Å². The third kappa shape index (κ3) is 3.72. The molecule has 2 nitrogen and oxygen atoms in total. The summed E-state index contributed by atoms with van der Waals surface area (Å²) in [5, 5.41) is 0. The summed E-state index contributed by atoms with van der Waals surface area (Å²) in [5.41, 5.74) is 0. The molecule has 0 aliphatic rings. The van der Waals surface area contributed by atoms with E-state index >= 15 is 0 Å². The van der Waals surface area contributed by atoms with E-state index in [2.05, 4.69) is 38.7 Å². The first-order valence-electron chi connectivity index (χ1n) is 5.84. The fraction of sp³-hybridized carbons (Fsp3) is 0.615. The highest BCUT2D eigenvalue weighted by Crippen LogP contribution is 2.16. The van der Waals surface area contributed by atoms with Gasteiger partial charge in [-0.3, -0.25) is 9.69 Å². The monoisotopic (exact) mass is 239 g/mol. The summed E-state index contributed by atoms with van der Waals surface area (Å²) < 4.78 is 0. The lowest BCUT2D eigenvalue weighted by Crippen LogP contribution is -2.38. The molecule has 3 heteroatoms. The standard InChI is InChI=1S/C13H21NOS/c1-10(2)14(11(3)4)8-7-12-5-6-13(9-15)16-12/h5-6,9-11H,7-8H2,1-4H3. The van der Waals surface area contributed by atoms with Gasteiger partial charge < -0.3 is 0 Å². The molecule has 0 atom stereocenters. The minimum Gasteiger partial charge on any atom is -0.298 e. The number of hydrogen-bond acceptors (Lipinski definition) is 3. The topological polar surface area (TPSA) is 20.3 Å². The summed E-state index contributed by atoms with van der Waals surface area (Å²) in [5.74, 6) is 0. The van der Waals surface area contributed by atoms with E-state index in [1.54, 1.807) is 11.3 Å². The third-order valence-electron chi connectivity index (χ3n) is 2.74. The van der Waals surface area contributed by atoms with Crippen molar-refractivity contribution in [3.05, 3.63) is 21.9 Å². The lowest BCUT2D eigenvalue weighted by Gasteiger charge is -2.30. The molecule has 0 aliphatic heterocycles. The molecular formula is C13H21NOS. The van der Waals surface area contributed by atoms with Crippen LogP contribution in [0.25, 0.3) is 0 Å². The van der Waals surface area contributed by atoms with Crippen LogP contribution < -0.4 is 0 Å². The number of rotatable bonds is 6. The van der Waals surface area contributed by atoms with Gasteiger partial charge in [0.15, 0.2) is 6.29 Å². The number of nitrogens with zero attached hydrogens (tertiary/aromatic N) is 1. The minimum absolute atomic E-state index is 0.575. The molecule has 0 spiro atoms. The second-order valence-electron chi connectivity index (χ2n) is 4.60.